The number of hydrogen-bond donors (Lipinski definition) is 2. The number of likely N-dealkylation sites (N-methyl/N-ethyl adjacent to an activating group) is 1. The first-order chi connectivity index (χ1) is 10.0. The summed E-state index contributed by atoms with van der Waals surface area (Å²) >= 11 is 0. The standard InChI is InChI=1S/C13H25N5O3/c1-10(2)7-15-11(19)9-18(3)13-17-16-12(21-13)8-14-5-6-20-4/h10,14H,5-9H2,1-4H3,(H,15,19). The fourth-order valence-electron chi connectivity index (χ4n) is 1.50. The molecule has 0 aliphatic rings. The van der Waals surface area contributed by atoms with Crippen molar-refractivity contribution in [1.29, 1.82) is 0 Å². The third-order valence-corrected chi connectivity index (χ3v) is 2.63. The van der Waals surface area contributed by atoms with Gasteiger partial charge in [0.15, 0.2) is 0 Å². The van der Waals surface area contributed by atoms with Gasteiger partial charge in [-0.15, -0.1) is 5.10 Å². The van der Waals surface area contributed by atoms with Crippen molar-refractivity contribution >= 4 is 11.9 Å². The van der Waals surface area contributed by atoms with Gasteiger partial charge in [0.2, 0.25) is 11.8 Å². The van der Waals surface area contributed by atoms with Crippen LogP contribution in [0.1, 0.15) is 19.7 Å². The lowest BCUT2D eigenvalue weighted by Gasteiger charge is -2.14. The summed E-state index contributed by atoms with van der Waals surface area (Å²) in [5, 5.41) is 13.8. The van der Waals surface area contributed by atoms with Crippen LogP contribution >= 0.6 is 0 Å². The normalized spacial score (nSPS) is 10.9. The van der Waals surface area contributed by atoms with E-state index in [0.29, 0.717) is 44.1 Å². The molecule has 0 saturated heterocycles. The van der Waals surface area contributed by atoms with E-state index >= 15 is 0 Å². The number of methoxy groups -OCH3 is 1. The highest BCUT2D eigenvalue weighted by Crippen LogP contribution is 2.09. The number of nitrogens with zero attached hydrogens (tertiary/aromatic N) is 3. The number of anilines is 1. The molecule has 8 nitrogen and oxygen atoms in total. The van der Waals surface area contributed by atoms with Crippen LogP contribution in [0, 0.1) is 5.92 Å². The van der Waals surface area contributed by atoms with E-state index in [0.717, 1.165) is 0 Å². The van der Waals surface area contributed by atoms with Crippen molar-refractivity contribution in [3.8, 4) is 0 Å². The topological polar surface area (TPSA) is 92.5 Å². The average Bonchev–Trinajstić information content (AvgIpc) is 2.90. The van der Waals surface area contributed by atoms with Crippen LogP contribution in [-0.2, 0) is 16.1 Å². The maximum absolute atomic E-state index is 11.7. The molecule has 0 aliphatic heterocycles. The summed E-state index contributed by atoms with van der Waals surface area (Å²) in [6.45, 7) is 6.74. The summed E-state index contributed by atoms with van der Waals surface area (Å²) in [4.78, 5) is 13.3. The summed E-state index contributed by atoms with van der Waals surface area (Å²) < 4.78 is 10.4. The lowest BCUT2D eigenvalue weighted by molar-refractivity contribution is -0.119. The second kappa shape index (κ2) is 9.30. The minimum Gasteiger partial charge on any atom is -0.407 e. The largest absolute Gasteiger partial charge is 0.407 e. The molecular weight excluding hydrogens is 274 g/mol. The third-order valence-electron chi connectivity index (χ3n) is 2.63. The van der Waals surface area contributed by atoms with E-state index in [-0.39, 0.29) is 12.5 Å². The maximum atomic E-state index is 11.7. The first kappa shape index (κ1) is 17.4. The number of ether oxygens (including phenoxy) is 1. The molecule has 120 valence electrons. The fraction of sp³-hybridized carbons (Fsp3) is 0.769. The number of amides is 1. The zero-order valence-electron chi connectivity index (χ0n) is 13.2. The van der Waals surface area contributed by atoms with Gasteiger partial charge in [0.1, 0.15) is 6.54 Å². The highest BCUT2D eigenvalue weighted by Gasteiger charge is 2.13. The summed E-state index contributed by atoms with van der Waals surface area (Å²) in [7, 11) is 3.39. The van der Waals surface area contributed by atoms with Gasteiger partial charge in [-0.3, -0.25) is 4.79 Å². The van der Waals surface area contributed by atoms with Gasteiger partial charge in [0.25, 0.3) is 0 Å². The summed E-state index contributed by atoms with van der Waals surface area (Å²) in [6, 6.07) is 0.332. The maximum Gasteiger partial charge on any atom is 0.318 e. The number of rotatable bonds is 10. The molecule has 1 heterocycles. The van der Waals surface area contributed by atoms with Crippen molar-refractivity contribution in [3.05, 3.63) is 5.89 Å². The van der Waals surface area contributed by atoms with Gasteiger partial charge in [-0.25, -0.2) is 0 Å². The molecule has 1 aromatic rings. The van der Waals surface area contributed by atoms with Crippen LogP contribution in [-0.4, -0.2) is 56.5 Å². The van der Waals surface area contributed by atoms with E-state index in [4.69, 9.17) is 9.15 Å². The molecule has 1 amide bonds. The Hall–Kier alpha value is -1.67. The fourth-order valence-corrected chi connectivity index (χ4v) is 1.50. The SMILES string of the molecule is COCCNCc1nnc(N(C)CC(=O)NCC(C)C)o1. The Labute approximate surface area is 125 Å². The second-order valence-electron chi connectivity index (χ2n) is 5.20. The van der Waals surface area contributed by atoms with Gasteiger partial charge >= 0.3 is 6.01 Å². The van der Waals surface area contributed by atoms with Gasteiger partial charge in [-0.05, 0) is 5.92 Å². The van der Waals surface area contributed by atoms with Gasteiger partial charge < -0.3 is 24.7 Å². The quantitative estimate of drug-likeness (QED) is 0.588. The van der Waals surface area contributed by atoms with Crippen molar-refractivity contribution in [1.82, 2.24) is 20.8 Å². The molecule has 0 radical (unpaired) electrons. The first-order valence-electron chi connectivity index (χ1n) is 7.02. The van der Waals surface area contributed by atoms with Crippen LogP contribution in [0.15, 0.2) is 4.42 Å². The molecule has 0 aromatic carbocycles. The summed E-state index contributed by atoms with van der Waals surface area (Å²) in [5.74, 6) is 0.840. The zero-order valence-corrected chi connectivity index (χ0v) is 13.2. The Bertz CT molecular complexity index is 422. The van der Waals surface area contributed by atoms with Crippen LogP contribution in [0.2, 0.25) is 0 Å². The van der Waals surface area contributed by atoms with Crippen molar-refractivity contribution in [2.75, 3.05) is 45.3 Å². The third kappa shape index (κ3) is 7.05. The molecule has 2 N–H and O–H groups in total. The van der Waals surface area contributed by atoms with Crippen molar-refractivity contribution in [2.45, 2.75) is 20.4 Å². The summed E-state index contributed by atoms with van der Waals surface area (Å²) in [5.41, 5.74) is 0. The van der Waals surface area contributed by atoms with E-state index in [9.17, 15) is 4.79 Å². The highest BCUT2D eigenvalue weighted by molar-refractivity contribution is 5.80. The average molecular weight is 299 g/mol. The van der Waals surface area contributed by atoms with Gasteiger partial charge in [0.05, 0.1) is 13.2 Å². The lowest BCUT2D eigenvalue weighted by Crippen LogP contribution is -2.37. The molecule has 0 saturated carbocycles. The molecule has 1 aromatic heterocycles. The van der Waals surface area contributed by atoms with Crippen LogP contribution in [0.4, 0.5) is 6.01 Å². The molecule has 0 atom stereocenters. The molecule has 0 unspecified atom stereocenters. The van der Waals surface area contributed by atoms with Crippen LogP contribution in [0.5, 0.6) is 0 Å². The number of carbonyl (C=O) groups is 1. The van der Waals surface area contributed by atoms with Crippen LogP contribution in [0.3, 0.4) is 0 Å². The van der Waals surface area contributed by atoms with Crippen LogP contribution < -0.4 is 15.5 Å². The van der Waals surface area contributed by atoms with Crippen molar-refractivity contribution in [2.24, 2.45) is 5.92 Å². The zero-order chi connectivity index (χ0) is 15.7. The Morgan fingerprint density at radius 1 is 1.43 bits per heavy atom. The lowest BCUT2D eigenvalue weighted by atomic mass is 10.2. The number of carbonyl (C=O) groups excluding carboxylic acids is 1. The number of aromatic nitrogens is 2. The Morgan fingerprint density at radius 3 is 2.86 bits per heavy atom. The van der Waals surface area contributed by atoms with E-state index in [1.54, 1.807) is 19.1 Å². The Morgan fingerprint density at radius 2 is 2.19 bits per heavy atom. The molecule has 21 heavy (non-hydrogen) atoms. The molecule has 8 heteroatoms. The monoisotopic (exact) mass is 299 g/mol. The first-order valence-corrected chi connectivity index (χ1v) is 7.02. The predicted molar refractivity (Wildman–Crippen MR) is 79.0 cm³/mol. The predicted octanol–water partition coefficient (Wildman–Crippen LogP) is 0.0140. The van der Waals surface area contributed by atoms with Crippen molar-refractivity contribution in [3.63, 3.8) is 0 Å². The van der Waals surface area contributed by atoms with E-state index in [1.807, 2.05) is 13.8 Å². The van der Waals surface area contributed by atoms with Gasteiger partial charge in [-0.1, -0.05) is 18.9 Å². The van der Waals surface area contributed by atoms with E-state index < -0.39 is 0 Å². The van der Waals surface area contributed by atoms with Crippen LogP contribution in [0.25, 0.3) is 0 Å². The Kier molecular flexibility index (Phi) is 7.70. The number of nitrogens with one attached hydrogen (secondary N) is 2. The van der Waals surface area contributed by atoms with Gasteiger partial charge in [-0.2, -0.15) is 0 Å². The molecule has 0 fully saturated rings. The molecule has 0 aliphatic carbocycles. The number of hydrogen-bond acceptors (Lipinski definition) is 7. The molecular formula is C13H25N5O3. The Balaban J connectivity index is 2.35. The molecule has 0 spiro atoms. The summed E-state index contributed by atoms with van der Waals surface area (Å²) in [6.07, 6.45) is 0. The smallest absolute Gasteiger partial charge is 0.318 e. The van der Waals surface area contributed by atoms with E-state index in [2.05, 4.69) is 20.8 Å². The molecule has 1 rings (SSSR count). The minimum atomic E-state index is -0.0656. The van der Waals surface area contributed by atoms with Crippen molar-refractivity contribution < 1.29 is 13.9 Å². The van der Waals surface area contributed by atoms with Gasteiger partial charge in [0, 0.05) is 27.2 Å². The minimum absolute atomic E-state index is 0.0656. The highest BCUT2D eigenvalue weighted by atomic mass is 16.5. The molecule has 0 bridgehead atoms. The van der Waals surface area contributed by atoms with E-state index in [1.165, 1.54) is 0 Å². The second-order valence-corrected chi connectivity index (χ2v) is 5.20.